The molecule has 0 aliphatic carbocycles. The maximum absolute atomic E-state index is 12.9. The molecule has 31 heavy (non-hydrogen) atoms. The van der Waals surface area contributed by atoms with Crippen molar-refractivity contribution < 1.29 is 4.79 Å². The van der Waals surface area contributed by atoms with Gasteiger partial charge >= 0.3 is 6.03 Å². The number of nitrogens with zero attached hydrogens (tertiary/aromatic N) is 4. The van der Waals surface area contributed by atoms with Crippen molar-refractivity contribution in [2.45, 2.75) is 33.2 Å². The largest absolute Gasteiger partial charge is 0.343 e. The van der Waals surface area contributed by atoms with E-state index in [-0.39, 0.29) is 12.1 Å². The van der Waals surface area contributed by atoms with Gasteiger partial charge in [0.2, 0.25) is 5.13 Å². The zero-order valence-corrected chi connectivity index (χ0v) is 19.5. The fourth-order valence-corrected chi connectivity index (χ4v) is 4.58. The number of halogens is 1. The molecule has 8 heteroatoms. The number of amides is 2. The lowest BCUT2D eigenvalue weighted by molar-refractivity contribution is 0.185. The molecule has 0 radical (unpaired) electrons. The Morgan fingerprint density at radius 1 is 1.19 bits per heavy atom. The number of hydrogen-bond acceptors (Lipinski definition) is 5. The van der Waals surface area contributed by atoms with Gasteiger partial charge in [0.1, 0.15) is 5.82 Å². The number of anilines is 2. The van der Waals surface area contributed by atoms with Crippen molar-refractivity contribution in [2.75, 3.05) is 29.9 Å². The Morgan fingerprint density at radius 3 is 2.71 bits per heavy atom. The van der Waals surface area contributed by atoms with Gasteiger partial charge in [0, 0.05) is 54.3 Å². The molecular weight excluding hydrogens is 430 g/mol. The van der Waals surface area contributed by atoms with Gasteiger partial charge in [-0.3, -0.25) is 0 Å². The molecule has 1 aliphatic rings. The Balaban J connectivity index is 1.37. The monoisotopic (exact) mass is 455 g/mol. The van der Waals surface area contributed by atoms with Crippen molar-refractivity contribution in [1.82, 2.24) is 14.3 Å². The number of benzene rings is 2. The maximum atomic E-state index is 12.9. The summed E-state index contributed by atoms with van der Waals surface area (Å²) < 4.78 is 4.53. The van der Waals surface area contributed by atoms with Crippen LogP contribution in [0.2, 0.25) is 5.02 Å². The number of carbonyl (C=O) groups is 1. The number of piperazine rings is 1. The summed E-state index contributed by atoms with van der Waals surface area (Å²) in [4.78, 5) is 21.7. The molecule has 0 saturated carbocycles. The molecule has 6 nitrogen and oxygen atoms in total. The molecule has 0 bridgehead atoms. The van der Waals surface area contributed by atoms with E-state index in [1.165, 1.54) is 17.1 Å². The van der Waals surface area contributed by atoms with Crippen LogP contribution >= 0.6 is 23.1 Å². The summed E-state index contributed by atoms with van der Waals surface area (Å²) in [5.74, 6) is 0.810. The average molecular weight is 456 g/mol. The molecule has 2 heterocycles. The number of urea groups is 1. The Morgan fingerprint density at radius 2 is 1.97 bits per heavy atom. The molecule has 1 fully saturated rings. The van der Waals surface area contributed by atoms with Gasteiger partial charge in [0.25, 0.3) is 0 Å². The smallest absolute Gasteiger partial charge is 0.322 e. The van der Waals surface area contributed by atoms with Gasteiger partial charge in [-0.2, -0.15) is 4.37 Å². The molecule has 4 rings (SSSR count). The zero-order chi connectivity index (χ0) is 22.0. The summed E-state index contributed by atoms with van der Waals surface area (Å²) in [6, 6.07) is 13.8. The van der Waals surface area contributed by atoms with Crippen LogP contribution in [-0.4, -0.2) is 46.0 Å². The topological polar surface area (TPSA) is 61.4 Å². The summed E-state index contributed by atoms with van der Waals surface area (Å²) in [6.07, 6.45) is 0.682. The van der Waals surface area contributed by atoms with Crippen molar-refractivity contribution in [3.63, 3.8) is 0 Å². The molecule has 0 spiro atoms. The first-order valence-electron chi connectivity index (χ1n) is 10.4. The molecule has 1 saturated heterocycles. The molecule has 1 unspecified atom stereocenters. The standard InChI is InChI=1S/C23H26ClN5OS/c1-15-5-4-6-20(17(15)3)25-22(30)29-12-11-28(14-16(29)2)23-26-21(27-31-23)13-18-7-9-19(24)10-8-18/h4-10,16H,11-14H2,1-3H3,(H,25,30). The van der Waals surface area contributed by atoms with Gasteiger partial charge in [0.05, 0.1) is 0 Å². The lowest BCUT2D eigenvalue weighted by atomic mass is 10.1. The van der Waals surface area contributed by atoms with Gasteiger partial charge in [-0.05, 0) is 55.7 Å². The molecule has 3 aromatic rings. The predicted molar refractivity (Wildman–Crippen MR) is 127 cm³/mol. The summed E-state index contributed by atoms with van der Waals surface area (Å²) in [7, 11) is 0. The number of hydrogen-bond donors (Lipinski definition) is 1. The first kappa shape index (κ1) is 21.6. The van der Waals surface area contributed by atoms with Gasteiger partial charge < -0.3 is 15.1 Å². The van der Waals surface area contributed by atoms with Gasteiger partial charge in [0.15, 0.2) is 0 Å². The number of carbonyl (C=O) groups excluding carboxylic acids is 1. The van der Waals surface area contributed by atoms with E-state index in [1.54, 1.807) is 0 Å². The second-order valence-electron chi connectivity index (χ2n) is 7.96. The van der Waals surface area contributed by atoms with Crippen LogP contribution < -0.4 is 10.2 Å². The highest BCUT2D eigenvalue weighted by Crippen LogP contribution is 2.24. The number of nitrogens with one attached hydrogen (secondary N) is 1. The first-order chi connectivity index (χ1) is 14.9. The van der Waals surface area contributed by atoms with Gasteiger partial charge in [-0.1, -0.05) is 35.9 Å². The minimum Gasteiger partial charge on any atom is -0.343 e. The zero-order valence-electron chi connectivity index (χ0n) is 17.9. The van der Waals surface area contributed by atoms with Gasteiger partial charge in [-0.25, -0.2) is 9.78 Å². The van der Waals surface area contributed by atoms with E-state index in [2.05, 4.69) is 34.5 Å². The molecule has 1 aromatic heterocycles. The Hall–Kier alpha value is -2.64. The highest BCUT2D eigenvalue weighted by molar-refractivity contribution is 7.09. The highest BCUT2D eigenvalue weighted by atomic mass is 35.5. The average Bonchev–Trinajstić information content (AvgIpc) is 3.21. The molecule has 1 N–H and O–H groups in total. The Kier molecular flexibility index (Phi) is 6.43. The molecule has 1 aliphatic heterocycles. The van der Waals surface area contributed by atoms with Crippen LogP contribution in [0.25, 0.3) is 0 Å². The summed E-state index contributed by atoms with van der Waals surface area (Å²) in [5, 5.41) is 4.71. The van der Waals surface area contributed by atoms with E-state index >= 15 is 0 Å². The predicted octanol–water partition coefficient (Wildman–Crippen LogP) is 5.14. The van der Waals surface area contributed by atoms with E-state index in [1.807, 2.05) is 48.2 Å². The molecule has 2 aromatic carbocycles. The third kappa shape index (κ3) is 4.99. The normalized spacial score (nSPS) is 16.5. The minimum absolute atomic E-state index is 0.0541. The van der Waals surface area contributed by atoms with Crippen LogP contribution in [0.3, 0.4) is 0 Å². The van der Waals surface area contributed by atoms with E-state index in [0.717, 1.165) is 45.9 Å². The van der Waals surface area contributed by atoms with Crippen molar-refractivity contribution in [3.8, 4) is 0 Å². The second kappa shape index (κ2) is 9.24. The van der Waals surface area contributed by atoms with Crippen molar-refractivity contribution in [1.29, 1.82) is 0 Å². The molecule has 162 valence electrons. The van der Waals surface area contributed by atoms with Crippen LogP contribution in [0, 0.1) is 13.8 Å². The van der Waals surface area contributed by atoms with Crippen LogP contribution in [0.15, 0.2) is 42.5 Å². The second-order valence-corrected chi connectivity index (χ2v) is 9.13. The fraction of sp³-hybridized carbons (Fsp3) is 0.348. The minimum atomic E-state index is -0.0541. The fourth-order valence-electron chi connectivity index (χ4n) is 3.74. The van der Waals surface area contributed by atoms with E-state index in [9.17, 15) is 4.79 Å². The highest BCUT2D eigenvalue weighted by Gasteiger charge is 2.29. The van der Waals surface area contributed by atoms with Crippen LogP contribution in [0.1, 0.15) is 29.4 Å². The molecule has 2 amide bonds. The SMILES string of the molecule is Cc1cccc(NC(=O)N2CCN(c3nc(Cc4ccc(Cl)cc4)ns3)CC2C)c1C. The third-order valence-corrected chi connectivity index (χ3v) is 6.80. The van der Waals surface area contributed by atoms with E-state index in [0.29, 0.717) is 13.0 Å². The quantitative estimate of drug-likeness (QED) is 0.591. The first-order valence-corrected chi connectivity index (χ1v) is 11.5. The summed E-state index contributed by atoms with van der Waals surface area (Å²) >= 11 is 7.38. The summed E-state index contributed by atoms with van der Waals surface area (Å²) in [5.41, 5.74) is 4.27. The summed E-state index contributed by atoms with van der Waals surface area (Å²) in [6.45, 7) is 8.27. The number of aromatic nitrogens is 2. The number of aryl methyl sites for hydroxylation is 1. The number of rotatable bonds is 4. The van der Waals surface area contributed by atoms with Crippen LogP contribution in [-0.2, 0) is 6.42 Å². The lowest BCUT2D eigenvalue weighted by Crippen LogP contribution is -2.55. The molecular formula is C23H26ClN5OS. The van der Waals surface area contributed by atoms with E-state index in [4.69, 9.17) is 16.6 Å². The Labute approximate surface area is 192 Å². The molecule has 1 atom stereocenters. The maximum Gasteiger partial charge on any atom is 0.322 e. The van der Waals surface area contributed by atoms with Crippen molar-refractivity contribution >= 4 is 40.0 Å². The Bertz CT molecular complexity index is 1070. The van der Waals surface area contributed by atoms with Crippen LogP contribution in [0.4, 0.5) is 15.6 Å². The van der Waals surface area contributed by atoms with Crippen molar-refractivity contribution in [3.05, 3.63) is 70.0 Å². The van der Waals surface area contributed by atoms with Gasteiger partial charge in [-0.15, -0.1) is 0 Å². The van der Waals surface area contributed by atoms with Crippen molar-refractivity contribution in [2.24, 2.45) is 0 Å². The van der Waals surface area contributed by atoms with Crippen LogP contribution in [0.5, 0.6) is 0 Å². The third-order valence-electron chi connectivity index (χ3n) is 5.74. The lowest BCUT2D eigenvalue weighted by Gasteiger charge is -2.39. The van der Waals surface area contributed by atoms with E-state index < -0.39 is 0 Å².